The van der Waals surface area contributed by atoms with Crippen LogP contribution in [-0.4, -0.2) is 0 Å². The fourth-order valence-electron chi connectivity index (χ4n) is 3.44. The van der Waals surface area contributed by atoms with Crippen molar-refractivity contribution < 1.29 is 0 Å². The third-order valence-electron chi connectivity index (χ3n) is 5.48. The lowest BCUT2D eigenvalue weighted by molar-refractivity contribution is 0.457. The highest BCUT2D eigenvalue weighted by Gasteiger charge is 2.66. The largest absolute Gasteiger partial charge is 0.324 e. The smallest absolute Gasteiger partial charge is 0.0334 e. The van der Waals surface area contributed by atoms with Crippen LogP contribution in [0.5, 0.6) is 0 Å². The molecule has 18 heavy (non-hydrogen) atoms. The van der Waals surface area contributed by atoms with Crippen molar-refractivity contribution in [1.82, 2.24) is 0 Å². The molecule has 0 spiro atoms. The van der Waals surface area contributed by atoms with Crippen LogP contribution in [0.15, 0.2) is 24.3 Å². The van der Waals surface area contributed by atoms with Crippen LogP contribution < -0.4 is 5.73 Å². The van der Waals surface area contributed by atoms with Crippen molar-refractivity contribution in [3.8, 4) is 0 Å². The number of nitrogens with two attached hydrogens (primary N) is 1. The van der Waals surface area contributed by atoms with E-state index < -0.39 is 0 Å². The Hall–Kier alpha value is -0.820. The molecule has 1 heteroatoms. The maximum atomic E-state index is 6.48. The van der Waals surface area contributed by atoms with E-state index in [9.17, 15) is 0 Å². The van der Waals surface area contributed by atoms with Gasteiger partial charge in [0, 0.05) is 6.04 Å². The van der Waals surface area contributed by atoms with E-state index in [2.05, 4.69) is 65.8 Å². The average Bonchev–Trinajstić information content (AvgIpc) is 2.69. The van der Waals surface area contributed by atoms with Gasteiger partial charge in [0.25, 0.3) is 0 Å². The Morgan fingerprint density at radius 1 is 0.889 bits per heavy atom. The second-order valence-corrected chi connectivity index (χ2v) is 7.27. The molecule has 1 aromatic carbocycles. The number of hydrogen-bond acceptors (Lipinski definition) is 1. The third-order valence-corrected chi connectivity index (χ3v) is 5.48. The predicted molar refractivity (Wildman–Crippen MR) is 78.5 cm³/mol. The Morgan fingerprint density at radius 2 is 1.28 bits per heavy atom. The Morgan fingerprint density at radius 3 is 1.61 bits per heavy atom. The summed E-state index contributed by atoms with van der Waals surface area (Å²) in [5, 5.41) is 0. The second kappa shape index (κ2) is 4.09. The number of rotatable bonds is 3. The molecule has 1 atom stereocenters. The SMILES string of the molecule is CC(C)c1ccc(C(N)C2C(C)(C)C2(C)C)cc1. The van der Waals surface area contributed by atoms with Crippen molar-refractivity contribution in [3.05, 3.63) is 35.4 Å². The lowest BCUT2D eigenvalue weighted by Gasteiger charge is -2.15. The van der Waals surface area contributed by atoms with Gasteiger partial charge in [0.05, 0.1) is 0 Å². The molecule has 2 N–H and O–H groups in total. The van der Waals surface area contributed by atoms with E-state index in [1.165, 1.54) is 11.1 Å². The van der Waals surface area contributed by atoms with E-state index in [0.717, 1.165) is 0 Å². The fraction of sp³-hybridized carbons (Fsp3) is 0.647. The van der Waals surface area contributed by atoms with Gasteiger partial charge >= 0.3 is 0 Å². The van der Waals surface area contributed by atoms with Crippen molar-refractivity contribution in [3.63, 3.8) is 0 Å². The van der Waals surface area contributed by atoms with Crippen molar-refractivity contribution in [2.45, 2.75) is 53.5 Å². The van der Waals surface area contributed by atoms with Gasteiger partial charge in [-0.2, -0.15) is 0 Å². The van der Waals surface area contributed by atoms with Crippen molar-refractivity contribution >= 4 is 0 Å². The molecule has 1 fully saturated rings. The zero-order valence-electron chi connectivity index (χ0n) is 12.6. The van der Waals surface area contributed by atoms with Gasteiger partial charge in [-0.1, -0.05) is 65.8 Å². The van der Waals surface area contributed by atoms with Crippen LogP contribution in [-0.2, 0) is 0 Å². The summed E-state index contributed by atoms with van der Waals surface area (Å²) in [4.78, 5) is 0. The molecule has 0 saturated heterocycles. The third kappa shape index (κ3) is 1.89. The molecular formula is C17H27N. The summed E-state index contributed by atoms with van der Waals surface area (Å²) in [6.45, 7) is 13.8. The van der Waals surface area contributed by atoms with Crippen LogP contribution in [0.2, 0.25) is 0 Å². The molecule has 0 aromatic heterocycles. The minimum Gasteiger partial charge on any atom is -0.324 e. The molecule has 1 saturated carbocycles. The number of hydrogen-bond donors (Lipinski definition) is 1. The van der Waals surface area contributed by atoms with Gasteiger partial charge in [-0.25, -0.2) is 0 Å². The highest BCUT2D eigenvalue weighted by molar-refractivity contribution is 5.30. The molecular weight excluding hydrogens is 218 g/mol. The molecule has 100 valence electrons. The first-order valence-corrected chi connectivity index (χ1v) is 7.05. The molecule has 0 radical (unpaired) electrons. The molecule has 1 aliphatic rings. The van der Waals surface area contributed by atoms with E-state index in [1.54, 1.807) is 0 Å². The Kier molecular flexibility index (Phi) is 3.09. The standard InChI is InChI=1S/C17H27N/c1-11(2)12-7-9-13(10-8-12)14(18)15-16(3,4)17(15,5)6/h7-11,14-15H,18H2,1-6H3. The fourth-order valence-corrected chi connectivity index (χ4v) is 3.44. The summed E-state index contributed by atoms with van der Waals surface area (Å²) in [6.07, 6.45) is 0. The maximum Gasteiger partial charge on any atom is 0.0334 e. The van der Waals surface area contributed by atoms with E-state index in [0.29, 0.717) is 22.7 Å². The van der Waals surface area contributed by atoms with Gasteiger partial charge < -0.3 is 5.73 Å². The summed E-state index contributed by atoms with van der Waals surface area (Å²) in [5.41, 5.74) is 9.85. The van der Waals surface area contributed by atoms with Crippen molar-refractivity contribution in [2.24, 2.45) is 22.5 Å². The minimum atomic E-state index is 0.163. The molecule has 1 nitrogen and oxygen atoms in total. The topological polar surface area (TPSA) is 26.0 Å². The summed E-state index contributed by atoms with van der Waals surface area (Å²) in [7, 11) is 0. The zero-order valence-corrected chi connectivity index (χ0v) is 12.6. The van der Waals surface area contributed by atoms with Gasteiger partial charge in [0.2, 0.25) is 0 Å². The normalized spacial score (nSPS) is 23.1. The average molecular weight is 245 g/mol. The van der Waals surface area contributed by atoms with Gasteiger partial charge in [-0.3, -0.25) is 0 Å². The maximum absolute atomic E-state index is 6.48. The van der Waals surface area contributed by atoms with Gasteiger partial charge in [0.1, 0.15) is 0 Å². The molecule has 0 heterocycles. The van der Waals surface area contributed by atoms with Gasteiger partial charge in [-0.05, 0) is 33.8 Å². The van der Waals surface area contributed by atoms with Crippen LogP contribution in [0, 0.1) is 16.7 Å². The van der Waals surface area contributed by atoms with Crippen molar-refractivity contribution in [2.75, 3.05) is 0 Å². The van der Waals surface area contributed by atoms with Crippen LogP contribution in [0.25, 0.3) is 0 Å². The molecule has 1 aliphatic carbocycles. The second-order valence-electron chi connectivity index (χ2n) is 7.27. The monoisotopic (exact) mass is 245 g/mol. The summed E-state index contributed by atoms with van der Waals surface area (Å²) >= 11 is 0. The van der Waals surface area contributed by atoms with E-state index >= 15 is 0 Å². The van der Waals surface area contributed by atoms with Crippen molar-refractivity contribution in [1.29, 1.82) is 0 Å². The highest BCUT2D eigenvalue weighted by Crippen LogP contribution is 2.71. The van der Waals surface area contributed by atoms with E-state index in [1.807, 2.05) is 0 Å². The highest BCUT2D eigenvalue weighted by atomic mass is 14.8. The molecule has 2 rings (SSSR count). The first-order chi connectivity index (χ1) is 8.19. The summed E-state index contributed by atoms with van der Waals surface area (Å²) < 4.78 is 0. The van der Waals surface area contributed by atoms with Crippen LogP contribution in [0.1, 0.15) is 64.6 Å². The summed E-state index contributed by atoms with van der Waals surface area (Å²) in [5.74, 6) is 1.17. The number of benzene rings is 1. The van der Waals surface area contributed by atoms with Crippen LogP contribution in [0.3, 0.4) is 0 Å². The first-order valence-electron chi connectivity index (χ1n) is 7.05. The lowest BCUT2D eigenvalue weighted by atomic mass is 9.94. The molecule has 1 aromatic rings. The van der Waals surface area contributed by atoms with Crippen LogP contribution in [0.4, 0.5) is 0 Å². The lowest BCUT2D eigenvalue weighted by Crippen LogP contribution is -2.16. The predicted octanol–water partition coefficient (Wildman–Crippen LogP) is 4.49. The zero-order chi connectivity index (χ0) is 13.7. The summed E-state index contributed by atoms with van der Waals surface area (Å²) in [6, 6.07) is 9.04. The first kappa shape index (κ1) is 13.6. The Balaban J connectivity index is 2.19. The van der Waals surface area contributed by atoms with Crippen LogP contribution >= 0.6 is 0 Å². The Labute approximate surface area is 112 Å². The Bertz CT molecular complexity index is 411. The minimum absolute atomic E-state index is 0.163. The molecule has 0 aliphatic heterocycles. The van der Waals surface area contributed by atoms with E-state index in [4.69, 9.17) is 5.73 Å². The molecule has 0 amide bonds. The van der Waals surface area contributed by atoms with E-state index in [-0.39, 0.29) is 6.04 Å². The van der Waals surface area contributed by atoms with Gasteiger partial charge in [0.15, 0.2) is 0 Å². The van der Waals surface area contributed by atoms with Gasteiger partial charge in [-0.15, -0.1) is 0 Å². The quantitative estimate of drug-likeness (QED) is 0.834. The molecule has 0 bridgehead atoms. The molecule has 1 unspecified atom stereocenters.